The van der Waals surface area contributed by atoms with Crippen molar-refractivity contribution in [3.63, 3.8) is 0 Å². The van der Waals surface area contributed by atoms with Crippen molar-refractivity contribution in [1.82, 2.24) is 18.3 Å². The first kappa shape index (κ1) is 33.9. The molecule has 4 heterocycles. The molecule has 0 radical (unpaired) electrons. The topological polar surface area (TPSA) is 43.5 Å². The molecule has 0 aliphatic rings. The van der Waals surface area contributed by atoms with Gasteiger partial charge in [-0.25, -0.2) is 0 Å². The summed E-state index contributed by atoms with van der Waals surface area (Å²) in [4.78, 5) is 0. The fourth-order valence-corrected chi connectivity index (χ4v) is 10.6. The van der Waals surface area contributed by atoms with Crippen molar-refractivity contribution < 1.29 is 0 Å². The lowest BCUT2D eigenvalue weighted by Crippen LogP contribution is -2.15. The van der Waals surface area contributed by atoms with Gasteiger partial charge in [0.25, 0.3) is 0 Å². The summed E-state index contributed by atoms with van der Waals surface area (Å²) < 4.78 is 9.35. The zero-order chi connectivity index (χ0) is 40.3. The maximum atomic E-state index is 11.8. The van der Waals surface area contributed by atoms with E-state index in [2.05, 4.69) is 218 Å². The van der Waals surface area contributed by atoms with Gasteiger partial charge in [-0.3, -0.25) is 0 Å². The highest BCUT2D eigenvalue weighted by atomic mass is 35.5. The van der Waals surface area contributed by atoms with Crippen LogP contribution in [0.4, 0.5) is 0 Å². The molecule has 0 aliphatic carbocycles. The number of benzene rings is 9. The minimum atomic E-state index is 0.368. The Morgan fingerprint density at radius 2 is 0.475 bits per heavy atom. The van der Waals surface area contributed by atoms with Gasteiger partial charge in [0.1, 0.15) is 6.07 Å². The second-order valence-corrected chi connectivity index (χ2v) is 16.1. The standard InChI is InChI=1S/C55H32ClN5/c56-51-42(33-57)52(58-43-25-9-1-17-34(43)35-18-2-10-26-44(35)58)54(60-47-29-13-5-21-38(47)39-22-6-14-30-48(39)60)55(61-49-31-15-7-23-40(49)41-24-8-16-32-50(41)61)53(51)59-45-27-11-3-19-36(45)37-20-4-12-28-46(37)59/h1-32H. The first-order chi connectivity index (χ1) is 30.2. The normalized spacial score (nSPS) is 12.0. The van der Waals surface area contributed by atoms with Gasteiger partial charge in [0.2, 0.25) is 0 Å². The highest BCUT2D eigenvalue weighted by Gasteiger charge is 2.33. The van der Waals surface area contributed by atoms with E-state index in [-0.39, 0.29) is 0 Å². The van der Waals surface area contributed by atoms with Gasteiger partial charge in [0.15, 0.2) is 0 Å². The molecule has 0 amide bonds. The van der Waals surface area contributed by atoms with E-state index in [0.717, 1.165) is 104 Å². The minimum Gasteiger partial charge on any atom is -0.306 e. The van der Waals surface area contributed by atoms with E-state index < -0.39 is 0 Å². The molecule has 4 aromatic heterocycles. The number of fused-ring (bicyclic) bond motifs is 12. The summed E-state index contributed by atoms with van der Waals surface area (Å²) in [5.74, 6) is 0. The molecule has 13 aromatic rings. The van der Waals surface area contributed by atoms with Gasteiger partial charge in [-0.1, -0.05) is 157 Å². The average molecular weight is 798 g/mol. The third-order valence-electron chi connectivity index (χ3n) is 12.7. The Morgan fingerprint density at radius 3 is 0.721 bits per heavy atom. The van der Waals surface area contributed by atoms with E-state index in [0.29, 0.717) is 16.3 Å². The average Bonchev–Trinajstić information content (AvgIpc) is 4.04. The molecule has 5 nitrogen and oxygen atoms in total. The maximum Gasteiger partial charge on any atom is 0.103 e. The molecule has 0 spiro atoms. The Bertz CT molecular complexity index is 3820. The van der Waals surface area contributed by atoms with Gasteiger partial charge in [-0.15, -0.1) is 0 Å². The Labute approximate surface area is 354 Å². The first-order valence-corrected chi connectivity index (χ1v) is 20.8. The van der Waals surface area contributed by atoms with E-state index in [4.69, 9.17) is 11.6 Å². The minimum absolute atomic E-state index is 0.368. The molecule has 284 valence electrons. The van der Waals surface area contributed by atoms with Gasteiger partial charge in [-0.05, 0) is 48.5 Å². The summed E-state index contributed by atoms with van der Waals surface area (Å²) in [5.41, 5.74) is 11.6. The summed E-state index contributed by atoms with van der Waals surface area (Å²) >= 11 is 8.14. The zero-order valence-corrected chi connectivity index (χ0v) is 33.3. The van der Waals surface area contributed by atoms with Gasteiger partial charge < -0.3 is 18.3 Å². The lowest BCUT2D eigenvalue weighted by molar-refractivity contribution is 1.02. The van der Waals surface area contributed by atoms with E-state index in [9.17, 15) is 5.26 Å². The van der Waals surface area contributed by atoms with Crippen LogP contribution in [0.1, 0.15) is 5.56 Å². The fraction of sp³-hybridized carbons (Fsp3) is 0. The Kier molecular flexibility index (Phi) is 7.07. The second kappa shape index (κ2) is 12.7. The molecule has 0 fully saturated rings. The molecular formula is C55H32ClN5. The monoisotopic (exact) mass is 797 g/mol. The lowest BCUT2D eigenvalue weighted by Gasteiger charge is -2.27. The third-order valence-corrected chi connectivity index (χ3v) is 13.0. The molecule has 13 rings (SSSR count). The van der Waals surface area contributed by atoms with Gasteiger partial charge in [0, 0.05) is 43.1 Å². The molecule has 0 unspecified atom stereocenters. The van der Waals surface area contributed by atoms with Crippen LogP contribution in [0.15, 0.2) is 194 Å². The van der Waals surface area contributed by atoms with Gasteiger partial charge in [0.05, 0.1) is 77.5 Å². The van der Waals surface area contributed by atoms with Gasteiger partial charge >= 0.3 is 0 Å². The number of halogens is 1. The van der Waals surface area contributed by atoms with E-state index >= 15 is 0 Å². The number of para-hydroxylation sites is 8. The largest absolute Gasteiger partial charge is 0.306 e. The van der Waals surface area contributed by atoms with Crippen LogP contribution >= 0.6 is 11.6 Å². The summed E-state index contributed by atoms with van der Waals surface area (Å²) in [6.07, 6.45) is 0. The van der Waals surface area contributed by atoms with Crippen LogP contribution in [0.2, 0.25) is 5.02 Å². The van der Waals surface area contributed by atoms with Crippen LogP contribution in [0, 0.1) is 11.3 Å². The van der Waals surface area contributed by atoms with E-state index in [1.165, 1.54) is 0 Å². The van der Waals surface area contributed by atoms with Crippen LogP contribution in [0.25, 0.3) is 110 Å². The predicted molar refractivity (Wildman–Crippen MR) is 254 cm³/mol. The molecule has 0 bridgehead atoms. The molecule has 0 N–H and O–H groups in total. The molecule has 0 saturated heterocycles. The SMILES string of the molecule is N#Cc1c(Cl)c(-n2c3ccccc3c3ccccc32)c(-n2c3ccccc3c3ccccc32)c(-n2c3ccccc3c3ccccc32)c1-n1c2ccccc2c2ccccc21. The molecular weight excluding hydrogens is 766 g/mol. The van der Waals surface area contributed by atoms with Crippen molar-refractivity contribution in [2.45, 2.75) is 0 Å². The number of rotatable bonds is 4. The third kappa shape index (κ3) is 4.49. The summed E-state index contributed by atoms with van der Waals surface area (Å²) in [6.45, 7) is 0. The van der Waals surface area contributed by atoms with Crippen molar-refractivity contribution in [1.29, 1.82) is 5.26 Å². The second-order valence-electron chi connectivity index (χ2n) is 15.7. The van der Waals surface area contributed by atoms with Crippen molar-refractivity contribution in [3.05, 3.63) is 205 Å². The smallest absolute Gasteiger partial charge is 0.103 e. The molecule has 9 aromatic carbocycles. The zero-order valence-electron chi connectivity index (χ0n) is 32.6. The number of nitriles is 1. The predicted octanol–water partition coefficient (Wildman–Crippen LogP) is 14.6. The summed E-state index contributed by atoms with van der Waals surface area (Å²) in [7, 11) is 0. The van der Waals surface area contributed by atoms with Crippen molar-refractivity contribution in [2.75, 3.05) is 0 Å². The number of nitrogens with zero attached hydrogens (tertiary/aromatic N) is 5. The molecule has 6 heteroatoms. The van der Waals surface area contributed by atoms with E-state index in [1.807, 2.05) is 0 Å². The van der Waals surface area contributed by atoms with Crippen LogP contribution in [0.5, 0.6) is 0 Å². The molecule has 0 atom stereocenters. The van der Waals surface area contributed by atoms with Crippen molar-refractivity contribution >= 4 is 98.8 Å². The maximum absolute atomic E-state index is 11.8. The summed E-state index contributed by atoms with van der Waals surface area (Å²) in [6, 6.07) is 71.1. The van der Waals surface area contributed by atoms with Crippen LogP contribution in [-0.2, 0) is 0 Å². The molecule has 0 aliphatic heterocycles. The lowest BCUT2D eigenvalue weighted by atomic mass is 10.0. The van der Waals surface area contributed by atoms with Crippen molar-refractivity contribution in [3.8, 4) is 28.8 Å². The highest BCUT2D eigenvalue weighted by Crippen LogP contribution is 2.50. The van der Waals surface area contributed by atoms with Crippen LogP contribution in [0.3, 0.4) is 0 Å². The molecule has 61 heavy (non-hydrogen) atoms. The number of aromatic nitrogens is 4. The number of hydrogen-bond donors (Lipinski definition) is 0. The van der Waals surface area contributed by atoms with Gasteiger partial charge in [-0.2, -0.15) is 5.26 Å². The Hall–Kier alpha value is -8.04. The highest BCUT2D eigenvalue weighted by molar-refractivity contribution is 6.35. The molecule has 0 saturated carbocycles. The fourth-order valence-electron chi connectivity index (χ4n) is 10.3. The Morgan fingerprint density at radius 1 is 0.279 bits per heavy atom. The Balaban J connectivity index is 1.40. The first-order valence-electron chi connectivity index (χ1n) is 20.5. The quantitative estimate of drug-likeness (QED) is 0.175. The van der Waals surface area contributed by atoms with Crippen LogP contribution < -0.4 is 0 Å². The van der Waals surface area contributed by atoms with E-state index in [1.54, 1.807) is 0 Å². The van der Waals surface area contributed by atoms with Crippen LogP contribution in [-0.4, -0.2) is 18.3 Å². The summed E-state index contributed by atoms with van der Waals surface area (Å²) in [5, 5.41) is 21.1. The number of hydrogen-bond acceptors (Lipinski definition) is 1. The van der Waals surface area contributed by atoms with Crippen molar-refractivity contribution in [2.24, 2.45) is 0 Å².